The Morgan fingerprint density at radius 2 is 1.92 bits per heavy atom. The summed E-state index contributed by atoms with van der Waals surface area (Å²) in [6.07, 6.45) is 3.61. The van der Waals surface area contributed by atoms with Crippen molar-refractivity contribution in [3.63, 3.8) is 0 Å². The molecule has 0 spiro atoms. The Bertz CT molecular complexity index is 1540. The van der Waals surface area contributed by atoms with E-state index in [-0.39, 0.29) is 24.6 Å². The third kappa shape index (κ3) is 5.25. The molecule has 5 rings (SSSR count). The summed E-state index contributed by atoms with van der Waals surface area (Å²) in [4.78, 5) is 23.4. The number of rotatable bonds is 7. The van der Waals surface area contributed by atoms with Crippen LogP contribution in [0, 0.1) is 20.8 Å². The fourth-order valence-electron chi connectivity index (χ4n) is 5.10. The largest absolute Gasteiger partial charge is 0.375 e. The summed E-state index contributed by atoms with van der Waals surface area (Å²) in [5, 5.41) is 7.23. The van der Waals surface area contributed by atoms with Gasteiger partial charge in [-0.15, -0.1) is 0 Å². The van der Waals surface area contributed by atoms with Crippen molar-refractivity contribution in [1.82, 2.24) is 19.9 Å². The number of benzene rings is 1. The SMILES string of the molecule is COCC(=O)Nc1ccc(N2C(=S)N[C@H](c3ccccn3)[C@H]2c2cc(C)n(-c3cc(C)ccn3)c2C)cc1Cl. The van der Waals surface area contributed by atoms with Crippen LogP contribution in [-0.4, -0.2) is 39.3 Å². The van der Waals surface area contributed by atoms with E-state index in [0.29, 0.717) is 15.8 Å². The molecule has 1 aromatic carbocycles. The summed E-state index contributed by atoms with van der Waals surface area (Å²) in [6, 6.07) is 17.2. The second-order valence-corrected chi connectivity index (χ2v) is 10.3. The first kappa shape index (κ1) is 26.8. The number of methoxy groups -OCH3 is 1. The van der Waals surface area contributed by atoms with Gasteiger partial charge in [0, 0.05) is 36.6 Å². The number of nitrogens with zero attached hydrogens (tertiary/aromatic N) is 4. The molecule has 1 fully saturated rings. The lowest BCUT2D eigenvalue weighted by atomic mass is 9.96. The minimum atomic E-state index is -0.282. The maximum Gasteiger partial charge on any atom is 0.250 e. The van der Waals surface area contributed by atoms with Crippen molar-refractivity contribution in [2.75, 3.05) is 23.9 Å². The molecule has 0 unspecified atom stereocenters. The fourth-order valence-corrected chi connectivity index (χ4v) is 5.67. The van der Waals surface area contributed by atoms with Crippen LogP contribution in [0.15, 0.2) is 67.0 Å². The van der Waals surface area contributed by atoms with Gasteiger partial charge < -0.3 is 24.8 Å². The molecule has 0 radical (unpaired) electrons. The number of halogens is 1. The quantitative estimate of drug-likeness (QED) is 0.284. The maximum absolute atomic E-state index is 12.1. The molecule has 1 saturated heterocycles. The second kappa shape index (κ2) is 11.1. The minimum Gasteiger partial charge on any atom is -0.375 e. The maximum atomic E-state index is 12.1. The number of anilines is 2. The number of pyridine rings is 2. The molecule has 1 aliphatic rings. The third-order valence-electron chi connectivity index (χ3n) is 6.80. The van der Waals surface area contributed by atoms with Gasteiger partial charge in [0.05, 0.1) is 28.5 Å². The smallest absolute Gasteiger partial charge is 0.250 e. The Hall–Kier alpha value is -3.79. The van der Waals surface area contributed by atoms with Crippen LogP contribution < -0.4 is 15.5 Å². The van der Waals surface area contributed by atoms with Gasteiger partial charge in [-0.1, -0.05) is 17.7 Å². The lowest BCUT2D eigenvalue weighted by Crippen LogP contribution is -2.29. The summed E-state index contributed by atoms with van der Waals surface area (Å²) in [6.45, 7) is 6.18. The van der Waals surface area contributed by atoms with Crippen LogP contribution in [-0.2, 0) is 9.53 Å². The number of hydrogen-bond donors (Lipinski definition) is 2. The highest BCUT2D eigenvalue weighted by Crippen LogP contribution is 2.44. The molecule has 8 nitrogen and oxygen atoms in total. The number of carbonyl (C=O) groups is 1. The van der Waals surface area contributed by atoms with Crippen molar-refractivity contribution < 1.29 is 9.53 Å². The van der Waals surface area contributed by atoms with Gasteiger partial charge in [-0.3, -0.25) is 9.78 Å². The molecular weight excluding hydrogens is 532 g/mol. The minimum absolute atomic E-state index is 0.0581. The van der Waals surface area contributed by atoms with E-state index in [1.165, 1.54) is 7.11 Å². The highest BCUT2D eigenvalue weighted by Gasteiger charge is 2.42. The van der Waals surface area contributed by atoms with Crippen LogP contribution in [0.2, 0.25) is 5.02 Å². The molecule has 0 bridgehead atoms. The van der Waals surface area contributed by atoms with E-state index in [1.807, 2.05) is 42.6 Å². The third-order valence-corrected chi connectivity index (χ3v) is 7.42. The molecule has 2 N–H and O–H groups in total. The topological polar surface area (TPSA) is 84.3 Å². The van der Waals surface area contributed by atoms with Crippen molar-refractivity contribution in [1.29, 1.82) is 0 Å². The zero-order valence-electron chi connectivity index (χ0n) is 22.1. The number of nitrogens with one attached hydrogen (secondary N) is 2. The van der Waals surface area contributed by atoms with Crippen LogP contribution in [0.3, 0.4) is 0 Å². The molecule has 4 heterocycles. The Labute approximate surface area is 238 Å². The average Bonchev–Trinajstić information content (AvgIpc) is 3.40. The monoisotopic (exact) mass is 560 g/mol. The summed E-state index contributed by atoms with van der Waals surface area (Å²) in [5.74, 6) is 0.584. The molecule has 39 heavy (non-hydrogen) atoms. The number of aryl methyl sites for hydroxylation is 2. The van der Waals surface area contributed by atoms with E-state index in [9.17, 15) is 4.79 Å². The fraction of sp³-hybridized carbons (Fsp3) is 0.241. The number of aromatic nitrogens is 3. The van der Waals surface area contributed by atoms with Gasteiger partial charge in [-0.2, -0.15) is 0 Å². The first-order valence-corrected chi connectivity index (χ1v) is 13.3. The van der Waals surface area contributed by atoms with Crippen LogP contribution in [0.25, 0.3) is 5.82 Å². The molecular formula is C29H29ClN6O2S. The Balaban J connectivity index is 1.61. The number of hydrogen-bond acceptors (Lipinski definition) is 5. The second-order valence-electron chi connectivity index (χ2n) is 9.50. The van der Waals surface area contributed by atoms with Gasteiger partial charge in [0.1, 0.15) is 12.4 Å². The molecule has 2 atom stereocenters. The van der Waals surface area contributed by atoms with Crippen molar-refractivity contribution in [3.8, 4) is 5.82 Å². The predicted molar refractivity (Wildman–Crippen MR) is 158 cm³/mol. The number of thiocarbonyl (C=S) groups is 1. The van der Waals surface area contributed by atoms with Crippen molar-refractivity contribution in [2.24, 2.45) is 0 Å². The van der Waals surface area contributed by atoms with E-state index in [4.69, 9.17) is 28.6 Å². The summed E-state index contributed by atoms with van der Waals surface area (Å²) in [7, 11) is 1.47. The Morgan fingerprint density at radius 3 is 2.62 bits per heavy atom. The van der Waals surface area contributed by atoms with Crippen molar-refractivity contribution in [3.05, 3.63) is 100 Å². The Kier molecular flexibility index (Phi) is 7.65. The zero-order chi connectivity index (χ0) is 27.7. The van der Waals surface area contributed by atoms with Gasteiger partial charge in [-0.05, 0) is 92.6 Å². The summed E-state index contributed by atoms with van der Waals surface area (Å²) in [5.41, 5.74) is 6.52. The lowest BCUT2D eigenvalue weighted by molar-refractivity contribution is -0.119. The van der Waals surface area contributed by atoms with Crippen LogP contribution >= 0.6 is 23.8 Å². The van der Waals surface area contributed by atoms with E-state index >= 15 is 0 Å². The first-order chi connectivity index (χ1) is 18.8. The highest BCUT2D eigenvalue weighted by molar-refractivity contribution is 7.80. The molecule has 10 heteroatoms. The Morgan fingerprint density at radius 1 is 1.10 bits per heavy atom. The first-order valence-electron chi connectivity index (χ1n) is 12.5. The van der Waals surface area contributed by atoms with Crippen LogP contribution in [0.1, 0.15) is 40.3 Å². The van der Waals surface area contributed by atoms with Gasteiger partial charge in [0.15, 0.2) is 5.11 Å². The molecule has 3 aromatic heterocycles. The van der Waals surface area contributed by atoms with E-state index < -0.39 is 0 Å². The van der Waals surface area contributed by atoms with Crippen LogP contribution in [0.4, 0.5) is 11.4 Å². The van der Waals surface area contributed by atoms with Gasteiger partial charge in [0.25, 0.3) is 0 Å². The van der Waals surface area contributed by atoms with E-state index in [1.54, 1.807) is 12.3 Å². The van der Waals surface area contributed by atoms with Crippen LogP contribution in [0.5, 0.6) is 0 Å². The molecule has 0 saturated carbocycles. The highest BCUT2D eigenvalue weighted by atomic mass is 35.5. The molecule has 1 amide bonds. The number of ether oxygens (including phenoxy) is 1. The molecule has 1 aliphatic heterocycles. The van der Waals surface area contributed by atoms with Gasteiger partial charge >= 0.3 is 0 Å². The molecule has 4 aromatic rings. The van der Waals surface area contributed by atoms with Crippen molar-refractivity contribution >= 4 is 46.2 Å². The molecule has 200 valence electrons. The van der Waals surface area contributed by atoms with Gasteiger partial charge in [-0.25, -0.2) is 4.98 Å². The average molecular weight is 561 g/mol. The predicted octanol–water partition coefficient (Wildman–Crippen LogP) is 5.61. The number of carbonyl (C=O) groups excluding carboxylic acids is 1. The summed E-state index contributed by atoms with van der Waals surface area (Å²) < 4.78 is 7.08. The molecule has 0 aliphatic carbocycles. The summed E-state index contributed by atoms with van der Waals surface area (Å²) >= 11 is 12.5. The van der Waals surface area contributed by atoms with E-state index in [2.05, 4.69) is 63.0 Å². The van der Waals surface area contributed by atoms with Crippen molar-refractivity contribution in [2.45, 2.75) is 32.9 Å². The normalized spacial score (nSPS) is 16.8. The van der Waals surface area contributed by atoms with E-state index in [0.717, 1.165) is 39.7 Å². The van der Waals surface area contributed by atoms with Gasteiger partial charge in [0.2, 0.25) is 5.91 Å². The standard InChI is InChI=1S/C29H29ClN6O2S/c1-17-10-12-32-25(13-17)35-18(2)14-21(19(35)3)28-27(24-7-5-6-11-31-24)34-29(39)36(28)20-8-9-23(22(30)15-20)33-26(37)16-38-4/h5-15,27-28H,16H2,1-4H3,(H,33,37)(H,34,39)/t27-,28-/m1/s1. The lowest BCUT2D eigenvalue weighted by Gasteiger charge is -2.28. The number of amides is 1. The zero-order valence-corrected chi connectivity index (χ0v) is 23.7.